The Hall–Kier alpha value is 0.660. The van der Waals surface area contributed by atoms with Crippen LogP contribution in [0.4, 0.5) is 0 Å². The fourth-order valence-corrected chi connectivity index (χ4v) is 3.47. The van der Waals surface area contributed by atoms with Crippen molar-refractivity contribution in [2.75, 3.05) is 24.3 Å². The molecular formula is C10H21NS2. The maximum atomic E-state index is 3.68. The van der Waals surface area contributed by atoms with Gasteiger partial charge in [-0.3, -0.25) is 0 Å². The number of thioether (sulfide) groups is 2. The van der Waals surface area contributed by atoms with Crippen molar-refractivity contribution in [1.82, 2.24) is 5.32 Å². The van der Waals surface area contributed by atoms with Gasteiger partial charge in [0.2, 0.25) is 0 Å². The molecule has 2 unspecified atom stereocenters. The molecule has 3 heteroatoms. The van der Waals surface area contributed by atoms with Crippen LogP contribution in [0, 0.1) is 0 Å². The van der Waals surface area contributed by atoms with Gasteiger partial charge in [-0.25, -0.2) is 0 Å². The van der Waals surface area contributed by atoms with Gasteiger partial charge in [0.25, 0.3) is 0 Å². The van der Waals surface area contributed by atoms with E-state index in [4.69, 9.17) is 0 Å². The van der Waals surface area contributed by atoms with E-state index >= 15 is 0 Å². The van der Waals surface area contributed by atoms with Crippen LogP contribution in [0.1, 0.15) is 26.2 Å². The van der Waals surface area contributed by atoms with Crippen LogP contribution in [0.5, 0.6) is 0 Å². The van der Waals surface area contributed by atoms with E-state index in [9.17, 15) is 0 Å². The Bertz CT molecular complexity index is 130. The largest absolute Gasteiger partial charge is 0.312 e. The summed E-state index contributed by atoms with van der Waals surface area (Å²) in [6.45, 7) is 3.45. The van der Waals surface area contributed by atoms with E-state index in [1.54, 1.807) is 0 Å². The second kappa shape index (κ2) is 7.02. The molecule has 0 amide bonds. The number of hydrogen-bond acceptors (Lipinski definition) is 3. The van der Waals surface area contributed by atoms with Crippen molar-refractivity contribution in [3.05, 3.63) is 0 Å². The van der Waals surface area contributed by atoms with Gasteiger partial charge in [0, 0.05) is 23.6 Å². The summed E-state index contributed by atoms with van der Waals surface area (Å²) in [5.74, 6) is 2.52. The smallest absolute Gasteiger partial charge is 0.0201 e. The molecule has 0 aromatic carbocycles. The molecule has 13 heavy (non-hydrogen) atoms. The Labute approximate surface area is 90.8 Å². The molecule has 1 N–H and O–H groups in total. The molecule has 1 fully saturated rings. The summed E-state index contributed by atoms with van der Waals surface area (Å²) in [5, 5.41) is 4.57. The highest BCUT2D eigenvalue weighted by atomic mass is 32.2. The van der Waals surface area contributed by atoms with Crippen molar-refractivity contribution in [1.29, 1.82) is 0 Å². The molecule has 0 bridgehead atoms. The minimum Gasteiger partial charge on any atom is -0.312 e. The third kappa shape index (κ3) is 4.13. The summed E-state index contributed by atoms with van der Waals surface area (Å²) in [6, 6.07) is 0.803. The zero-order valence-corrected chi connectivity index (χ0v) is 10.3. The summed E-state index contributed by atoms with van der Waals surface area (Å²) in [6.07, 6.45) is 6.42. The molecule has 0 aromatic heterocycles. The molecule has 0 aliphatic heterocycles. The Balaban J connectivity index is 2.15. The van der Waals surface area contributed by atoms with Crippen molar-refractivity contribution in [2.45, 2.75) is 37.5 Å². The summed E-state index contributed by atoms with van der Waals surface area (Å²) in [4.78, 5) is 0. The van der Waals surface area contributed by atoms with E-state index < -0.39 is 0 Å². The van der Waals surface area contributed by atoms with E-state index in [2.05, 4.69) is 30.3 Å². The number of rotatable bonds is 6. The maximum absolute atomic E-state index is 3.68. The van der Waals surface area contributed by atoms with Crippen molar-refractivity contribution in [2.24, 2.45) is 0 Å². The minimum atomic E-state index is 0.803. The second-order valence-electron chi connectivity index (χ2n) is 3.48. The van der Waals surface area contributed by atoms with Crippen LogP contribution >= 0.6 is 23.5 Å². The van der Waals surface area contributed by atoms with Crippen molar-refractivity contribution in [3.63, 3.8) is 0 Å². The summed E-state index contributed by atoms with van der Waals surface area (Å²) < 4.78 is 0. The average molecular weight is 219 g/mol. The van der Waals surface area contributed by atoms with Crippen molar-refractivity contribution < 1.29 is 0 Å². The summed E-state index contributed by atoms with van der Waals surface area (Å²) in [5.41, 5.74) is 0. The molecule has 2 atom stereocenters. The fraction of sp³-hybridized carbons (Fsp3) is 1.00. The van der Waals surface area contributed by atoms with Crippen LogP contribution in [0.3, 0.4) is 0 Å². The van der Waals surface area contributed by atoms with Gasteiger partial charge in [-0.1, -0.05) is 13.3 Å². The maximum Gasteiger partial charge on any atom is 0.0201 e. The minimum absolute atomic E-state index is 0.803. The first-order valence-electron chi connectivity index (χ1n) is 5.22. The van der Waals surface area contributed by atoms with Crippen LogP contribution < -0.4 is 5.32 Å². The predicted molar refractivity (Wildman–Crippen MR) is 65.9 cm³/mol. The van der Waals surface area contributed by atoms with Crippen LogP contribution in [-0.2, 0) is 0 Å². The first kappa shape index (κ1) is 11.7. The third-order valence-electron chi connectivity index (χ3n) is 2.55. The Morgan fingerprint density at radius 3 is 2.92 bits per heavy atom. The zero-order valence-electron chi connectivity index (χ0n) is 8.71. The first-order valence-corrected chi connectivity index (χ1v) is 7.66. The lowest BCUT2D eigenvalue weighted by molar-refractivity contribution is 0.553. The van der Waals surface area contributed by atoms with Gasteiger partial charge >= 0.3 is 0 Å². The zero-order chi connectivity index (χ0) is 9.52. The lowest BCUT2D eigenvalue weighted by Gasteiger charge is -2.19. The van der Waals surface area contributed by atoms with Gasteiger partial charge in [-0.15, -0.1) is 0 Å². The highest BCUT2D eigenvalue weighted by Gasteiger charge is 2.25. The predicted octanol–water partition coefficient (Wildman–Crippen LogP) is 2.61. The molecule has 0 saturated heterocycles. The van der Waals surface area contributed by atoms with Crippen LogP contribution in [0.2, 0.25) is 0 Å². The third-order valence-corrected chi connectivity index (χ3v) is 4.48. The molecule has 1 aliphatic rings. The fourth-order valence-electron chi connectivity index (χ4n) is 1.92. The lowest BCUT2D eigenvalue weighted by atomic mass is 10.2. The molecule has 1 nitrogen and oxygen atoms in total. The topological polar surface area (TPSA) is 12.0 Å². The standard InChI is InChI=1S/C10H21NS2/c1-3-13-10-6-4-5-9(10)11-7-8-12-2/h9-11H,3-8H2,1-2H3. The normalized spacial score (nSPS) is 28.2. The van der Waals surface area contributed by atoms with Crippen LogP contribution in [0.15, 0.2) is 0 Å². The van der Waals surface area contributed by atoms with E-state index in [0.29, 0.717) is 0 Å². The molecule has 0 heterocycles. The van der Waals surface area contributed by atoms with Gasteiger partial charge in [0.15, 0.2) is 0 Å². The average Bonchev–Trinajstić information content (AvgIpc) is 2.54. The molecule has 1 rings (SSSR count). The molecule has 78 valence electrons. The van der Waals surface area contributed by atoms with Gasteiger partial charge in [0.1, 0.15) is 0 Å². The molecular weight excluding hydrogens is 198 g/mol. The monoisotopic (exact) mass is 219 g/mol. The van der Waals surface area contributed by atoms with Gasteiger partial charge in [-0.2, -0.15) is 23.5 Å². The SMILES string of the molecule is CCSC1CCCC1NCCSC. The van der Waals surface area contributed by atoms with E-state index in [-0.39, 0.29) is 0 Å². The first-order chi connectivity index (χ1) is 6.38. The quantitative estimate of drug-likeness (QED) is 0.690. The summed E-state index contributed by atoms with van der Waals surface area (Å²) >= 11 is 4.07. The highest BCUT2D eigenvalue weighted by Crippen LogP contribution is 2.29. The Kier molecular flexibility index (Phi) is 6.33. The van der Waals surface area contributed by atoms with Crippen molar-refractivity contribution >= 4 is 23.5 Å². The van der Waals surface area contributed by atoms with E-state index in [0.717, 1.165) is 11.3 Å². The number of nitrogens with one attached hydrogen (secondary N) is 1. The summed E-state index contributed by atoms with van der Waals surface area (Å²) in [7, 11) is 0. The van der Waals surface area contributed by atoms with Crippen LogP contribution in [-0.4, -0.2) is 35.6 Å². The Morgan fingerprint density at radius 1 is 1.38 bits per heavy atom. The van der Waals surface area contributed by atoms with Gasteiger partial charge < -0.3 is 5.32 Å². The van der Waals surface area contributed by atoms with Crippen LogP contribution in [0.25, 0.3) is 0 Å². The molecule has 1 saturated carbocycles. The Morgan fingerprint density at radius 2 is 2.23 bits per heavy atom. The molecule has 0 radical (unpaired) electrons. The molecule has 0 aromatic rings. The van der Waals surface area contributed by atoms with Crippen molar-refractivity contribution in [3.8, 4) is 0 Å². The van der Waals surface area contributed by atoms with E-state index in [1.165, 1.54) is 37.3 Å². The van der Waals surface area contributed by atoms with Gasteiger partial charge in [-0.05, 0) is 24.9 Å². The second-order valence-corrected chi connectivity index (χ2v) is 5.98. The highest BCUT2D eigenvalue weighted by molar-refractivity contribution is 7.99. The van der Waals surface area contributed by atoms with E-state index in [1.807, 2.05) is 11.8 Å². The lowest BCUT2D eigenvalue weighted by Crippen LogP contribution is -2.35. The van der Waals surface area contributed by atoms with Gasteiger partial charge in [0.05, 0.1) is 0 Å². The molecule has 0 spiro atoms. The molecule has 1 aliphatic carbocycles. The number of hydrogen-bond donors (Lipinski definition) is 1.